The highest BCUT2D eigenvalue weighted by atomic mass is 16.3. The summed E-state index contributed by atoms with van der Waals surface area (Å²) in [5.74, 6) is 0.600. The third-order valence-corrected chi connectivity index (χ3v) is 1.88. The average molecular weight is 175 g/mol. The molecule has 0 unspecified atom stereocenters. The van der Waals surface area contributed by atoms with Crippen LogP contribution >= 0.6 is 0 Å². The summed E-state index contributed by atoms with van der Waals surface area (Å²) < 4.78 is 5.34. The lowest BCUT2D eigenvalue weighted by Gasteiger charge is -1.98. The zero-order valence-electron chi connectivity index (χ0n) is 7.20. The van der Waals surface area contributed by atoms with Gasteiger partial charge < -0.3 is 10.2 Å². The first-order chi connectivity index (χ1) is 6.16. The lowest BCUT2D eigenvalue weighted by atomic mass is 10.2. The van der Waals surface area contributed by atoms with Crippen molar-refractivity contribution in [1.82, 2.24) is 0 Å². The van der Waals surface area contributed by atoms with Crippen LogP contribution in [0.5, 0.6) is 0 Å². The molecule has 0 atom stereocenters. The van der Waals surface area contributed by atoms with E-state index in [4.69, 9.17) is 10.2 Å². The van der Waals surface area contributed by atoms with E-state index in [0.717, 1.165) is 0 Å². The Morgan fingerprint density at radius 3 is 2.85 bits per heavy atom. The second-order valence-corrected chi connectivity index (χ2v) is 2.98. The molecule has 0 fully saturated rings. The van der Waals surface area contributed by atoms with E-state index in [9.17, 15) is 4.79 Å². The maximum atomic E-state index is 11.4. The van der Waals surface area contributed by atoms with E-state index in [2.05, 4.69) is 0 Å². The van der Waals surface area contributed by atoms with Gasteiger partial charge in [0, 0.05) is 17.8 Å². The standard InChI is InChI=1S/C10H9NO2/c1-6-4-9(12)8-3-2-7(11)5-10(8)13-6/h2-5H,11H2,1H3. The Balaban J connectivity index is 2.95. The largest absolute Gasteiger partial charge is 0.461 e. The number of benzene rings is 1. The van der Waals surface area contributed by atoms with Gasteiger partial charge in [-0.25, -0.2) is 0 Å². The molecule has 0 aliphatic rings. The van der Waals surface area contributed by atoms with Crippen molar-refractivity contribution >= 4 is 16.7 Å². The Morgan fingerprint density at radius 1 is 1.31 bits per heavy atom. The van der Waals surface area contributed by atoms with E-state index < -0.39 is 0 Å². The molecule has 2 aromatic rings. The Hall–Kier alpha value is -1.77. The molecule has 13 heavy (non-hydrogen) atoms. The first-order valence-corrected chi connectivity index (χ1v) is 3.97. The van der Waals surface area contributed by atoms with Crippen LogP contribution in [0.1, 0.15) is 5.76 Å². The van der Waals surface area contributed by atoms with E-state index >= 15 is 0 Å². The number of hydrogen-bond donors (Lipinski definition) is 1. The molecule has 0 aliphatic heterocycles. The average Bonchev–Trinajstić information content (AvgIpc) is 2.02. The van der Waals surface area contributed by atoms with Crippen molar-refractivity contribution in [2.45, 2.75) is 6.92 Å². The van der Waals surface area contributed by atoms with Crippen LogP contribution < -0.4 is 11.2 Å². The third-order valence-electron chi connectivity index (χ3n) is 1.88. The third kappa shape index (κ3) is 1.28. The minimum atomic E-state index is -0.0289. The molecule has 0 amide bonds. The quantitative estimate of drug-likeness (QED) is 0.620. The summed E-state index contributed by atoms with van der Waals surface area (Å²) in [6.45, 7) is 1.74. The van der Waals surface area contributed by atoms with Gasteiger partial charge in [0.15, 0.2) is 5.43 Å². The molecule has 1 aromatic carbocycles. The zero-order valence-corrected chi connectivity index (χ0v) is 7.20. The van der Waals surface area contributed by atoms with Gasteiger partial charge in [0.1, 0.15) is 11.3 Å². The zero-order chi connectivity index (χ0) is 9.42. The van der Waals surface area contributed by atoms with Crippen LogP contribution in [0.3, 0.4) is 0 Å². The van der Waals surface area contributed by atoms with Crippen LogP contribution in [0.2, 0.25) is 0 Å². The van der Waals surface area contributed by atoms with E-state index in [0.29, 0.717) is 22.4 Å². The fraction of sp³-hybridized carbons (Fsp3) is 0.100. The topological polar surface area (TPSA) is 56.2 Å². The molecule has 0 saturated heterocycles. The monoisotopic (exact) mass is 175 g/mol. The number of hydrogen-bond acceptors (Lipinski definition) is 3. The second kappa shape index (κ2) is 2.62. The van der Waals surface area contributed by atoms with Crippen LogP contribution in [0.15, 0.2) is 33.5 Å². The Labute approximate surface area is 74.8 Å². The molecular weight excluding hydrogens is 166 g/mol. The second-order valence-electron chi connectivity index (χ2n) is 2.98. The molecule has 2 rings (SSSR count). The van der Waals surface area contributed by atoms with Crippen LogP contribution in [0.4, 0.5) is 5.69 Å². The molecule has 0 aliphatic carbocycles. The summed E-state index contributed by atoms with van der Waals surface area (Å²) in [6.07, 6.45) is 0. The minimum Gasteiger partial charge on any atom is -0.461 e. The predicted octanol–water partition coefficient (Wildman–Crippen LogP) is 1.68. The van der Waals surface area contributed by atoms with Gasteiger partial charge in [0.2, 0.25) is 0 Å². The summed E-state index contributed by atoms with van der Waals surface area (Å²) in [6, 6.07) is 6.49. The molecule has 2 N–H and O–H groups in total. The molecule has 0 saturated carbocycles. The molecular formula is C10H9NO2. The summed E-state index contributed by atoms with van der Waals surface area (Å²) in [5.41, 5.74) is 6.68. The first-order valence-electron chi connectivity index (χ1n) is 3.97. The lowest BCUT2D eigenvalue weighted by Crippen LogP contribution is -2.00. The van der Waals surface area contributed by atoms with E-state index in [1.54, 1.807) is 25.1 Å². The fourth-order valence-electron chi connectivity index (χ4n) is 1.29. The van der Waals surface area contributed by atoms with Crippen LogP contribution in [0.25, 0.3) is 11.0 Å². The van der Waals surface area contributed by atoms with Gasteiger partial charge in [0.05, 0.1) is 5.39 Å². The minimum absolute atomic E-state index is 0.0289. The number of anilines is 1. The fourth-order valence-corrected chi connectivity index (χ4v) is 1.29. The van der Waals surface area contributed by atoms with Gasteiger partial charge >= 0.3 is 0 Å². The highest BCUT2D eigenvalue weighted by Crippen LogP contribution is 2.14. The Bertz CT molecular complexity index is 509. The van der Waals surface area contributed by atoms with Gasteiger partial charge in [-0.3, -0.25) is 4.79 Å². The molecule has 0 spiro atoms. The maximum Gasteiger partial charge on any atom is 0.192 e. The molecule has 0 bridgehead atoms. The number of nitrogen functional groups attached to an aromatic ring is 1. The van der Waals surface area contributed by atoms with Crippen LogP contribution in [-0.2, 0) is 0 Å². The summed E-state index contributed by atoms with van der Waals surface area (Å²) >= 11 is 0. The summed E-state index contributed by atoms with van der Waals surface area (Å²) in [4.78, 5) is 11.4. The summed E-state index contributed by atoms with van der Waals surface area (Å²) in [5, 5.41) is 0.569. The molecule has 1 aromatic heterocycles. The molecule has 0 radical (unpaired) electrons. The number of rotatable bonds is 0. The van der Waals surface area contributed by atoms with E-state index in [1.807, 2.05) is 0 Å². The molecule has 66 valence electrons. The van der Waals surface area contributed by atoms with Gasteiger partial charge in [-0.05, 0) is 19.1 Å². The maximum absolute atomic E-state index is 11.4. The smallest absolute Gasteiger partial charge is 0.192 e. The van der Waals surface area contributed by atoms with E-state index in [-0.39, 0.29) is 5.43 Å². The SMILES string of the molecule is Cc1cc(=O)c2ccc(N)cc2o1. The van der Waals surface area contributed by atoms with Crippen molar-refractivity contribution in [3.05, 3.63) is 40.2 Å². The van der Waals surface area contributed by atoms with Crippen molar-refractivity contribution in [2.75, 3.05) is 5.73 Å². The number of aryl methyl sites for hydroxylation is 1. The number of fused-ring (bicyclic) bond motifs is 1. The van der Waals surface area contributed by atoms with Crippen molar-refractivity contribution in [3.8, 4) is 0 Å². The van der Waals surface area contributed by atoms with Gasteiger partial charge in [-0.1, -0.05) is 0 Å². The van der Waals surface area contributed by atoms with Gasteiger partial charge in [0.25, 0.3) is 0 Å². The highest BCUT2D eigenvalue weighted by molar-refractivity contribution is 5.79. The normalized spacial score (nSPS) is 10.5. The summed E-state index contributed by atoms with van der Waals surface area (Å²) in [7, 11) is 0. The van der Waals surface area contributed by atoms with Gasteiger partial charge in [-0.2, -0.15) is 0 Å². The Kier molecular flexibility index (Phi) is 1.59. The predicted molar refractivity (Wildman–Crippen MR) is 51.6 cm³/mol. The number of nitrogens with two attached hydrogens (primary N) is 1. The van der Waals surface area contributed by atoms with Crippen molar-refractivity contribution in [2.24, 2.45) is 0 Å². The van der Waals surface area contributed by atoms with Crippen molar-refractivity contribution < 1.29 is 4.42 Å². The van der Waals surface area contributed by atoms with E-state index in [1.165, 1.54) is 6.07 Å². The molecule has 3 heteroatoms. The first kappa shape index (κ1) is 7.86. The van der Waals surface area contributed by atoms with Gasteiger partial charge in [-0.15, -0.1) is 0 Å². The molecule has 1 heterocycles. The van der Waals surface area contributed by atoms with Crippen LogP contribution in [0, 0.1) is 6.92 Å². The van der Waals surface area contributed by atoms with Crippen LogP contribution in [-0.4, -0.2) is 0 Å². The van der Waals surface area contributed by atoms with Crippen molar-refractivity contribution in [3.63, 3.8) is 0 Å². The molecule has 3 nitrogen and oxygen atoms in total. The Morgan fingerprint density at radius 2 is 2.08 bits per heavy atom. The van der Waals surface area contributed by atoms with Crippen molar-refractivity contribution in [1.29, 1.82) is 0 Å². The highest BCUT2D eigenvalue weighted by Gasteiger charge is 2.01. The lowest BCUT2D eigenvalue weighted by molar-refractivity contribution is 0.565.